The number of hydrogen-bond acceptors (Lipinski definition) is 2. The van der Waals surface area contributed by atoms with Gasteiger partial charge in [-0.15, -0.1) is 0 Å². The van der Waals surface area contributed by atoms with E-state index < -0.39 is 0 Å². The Morgan fingerprint density at radius 2 is 1.30 bits per heavy atom. The number of ether oxygens (including phenoxy) is 2. The zero-order valence-corrected chi connectivity index (χ0v) is 7.65. The van der Waals surface area contributed by atoms with Crippen molar-refractivity contribution in [3.8, 4) is 0 Å². The molecule has 0 aromatic heterocycles. The normalized spacial score (nSPS) is 16.8. The van der Waals surface area contributed by atoms with E-state index >= 15 is 0 Å². The van der Waals surface area contributed by atoms with Crippen molar-refractivity contribution < 1.29 is 9.47 Å². The SMILES string of the molecule is CC(Cl)OCCOC(C)Cl. The third kappa shape index (κ3) is 8.50. The third-order valence-corrected chi connectivity index (χ3v) is 1.03. The van der Waals surface area contributed by atoms with Crippen LogP contribution in [0.2, 0.25) is 0 Å². The summed E-state index contributed by atoms with van der Waals surface area (Å²) in [6.07, 6.45) is 0. The van der Waals surface area contributed by atoms with Crippen LogP contribution >= 0.6 is 23.2 Å². The first-order chi connectivity index (χ1) is 4.63. The second-order valence-electron chi connectivity index (χ2n) is 1.83. The second-order valence-corrected chi connectivity index (χ2v) is 3.06. The monoisotopic (exact) mass is 186 g/mol. The lowest BCUT2D eigenvalue weighted by atomic mass is 10.7. The zero-order chi connectivity index (χ0) is 7.98. The van der Waals surface area contributed by atoms with Gasteiger partial charge in [0.2, 0.25) is 0 Å². The lowest BCUT2D eigenvalue weighted by molar-refractivity contribution is 0.0332. The molecule has 0 heterocycles. The Hall–Kier alpha value is 0.500. The fraction of sp³-hybridized carbons (Fsp3) is 1.00. The first kappa shape index (κ1) is 10.5. The van der Waals surface area contributed by atoms with Crippen molar-refractivity contribution in [2.24, 2.45) is 0 Å². The van der Waals surface area contributed by atoms with E-state index in [1.54, 1.807) is 13.8 Å². The summed E-state index contributed by atoms with van der Waals surface area (Å²) in [6, 6.07) is 0. The molecule has 4 heteroatoms. The molecule has 0 saturated carbocycles. The first-order valence-corrected chi connectivity index (χ1v) is 4.01. The van der Waals surface area contributed by atoms with Crippen molar-refractivity contribution in [3.05, 3.63) is 0 Å². The molecule has 2 unspecified atom stereocenters. The summed E-state index contributed by atoms with van der Waals surface area (Å²) < 4.78 is 9.95. The van der Waals surface area contributed by atoms with E-state index in [2.05, 4.69) is 0 Å². The van der Waals surface area contributed by atoms with Gasteiger partial charge in [0.1, 0.15) is 11.1 Å². The zero-order valence-electron chi connectivity index (χ0n) is 6.14. The van der Waals surface area contributed by atoms with Gasteiger partial charge in [-0.1, -0.05) is 23.2 Å². The Morgan fingerprint density at radius 1 is 1.00 bits per heavy atom. The van der Waals surface area contributed by atoms with Crippen molar-refractivity contribution in [2.45, 2.75) is 25.0 Å². The van der Waals surface area contributed by atoms with E-state index in [0.717, 1.165) is 0 Å². The Bertz CT molecular complexity index is 66.1. The quantitative estimate of drug-likeness (QED) is 0.485. The Kier molecular flexibility index (Phi) is 6.54. The van der Waals surface area contributed by atoms with Gasteiger partial charge in [-0.2, -0.15) is 0 Å². The Balaban J connectivity index is 2.91. The van der Waals surface area contributed by atoms with Crippen molar-refractivity contribution in [2.75, 3.05) is 13.2 Å². The molecular formula is C6H12Cl2O2. The van der Waals surface area contributed by atoms with Crippen LogP contribution in [0, 0.1) is 0 Å². The molecule has 0 spiro atoms. The van der Waals surface area contributed by atoms with Gasteiger partial charge in [-0.05, 0) is 13.8 Å². The van der Waals surface area contributed by atoms with E-state index in [0.29, 0.717) is 13.2 Å². The Labute approximate surface area is 71.4 Å². The third-order valence-electron chi connectivity index (χ3n) is 0.778. The fourth-order valence-electron chi connectivity index (χ4n) is 0.421. The van der Waals surface area contributed by atoms with E-state index in [1.807, 2.05) is 0 Å². The molecule has 2 atom stereocenters. The van der Waals surface area contributed by atoms with Gasteiger partial charge in [0.25, 0.3) is 0 Å². The van der Waals surface area contributed by atoms with E-state index in [9.17, 15) is 0 Å². The van der Waals surface area contributed by atoms with Crippen LogP contribution < -0.4 is 0 Å². The van der Waals surface area contributed by atoms with Gasteiger partial charge in [0, 0.05) is 0 Å². The highest BCUT2D eigenvalue weighted by molar-refractivity contribution is 6.19. The number of hydrogen-bond donors (Lipinski definition) is 0. The van der Waals surface area contributed by atoms with Crippen molar-refractivity contribution in [1.82, 2.24) is 0 Å². The summed E-state index contributed by atoms with van der Waals surface area (Å²) in [5.41, 5.74) is -0.511. The molecule has 0 N–H and O–H groups in total. The standard InChI is InChI=1S/C6H12Cl2O2/c1-5(7)9-3-4-10-6(2)8/h5-6H,3-4H2,1-2H3. The number of halogens is 2. The molecule has 62 valence electrons. The molecule has 0 aromatic carbocycles. The highest BCUT2D eigenvalue weighted by Gasteiger charge is 1.97. The molecule has 2 nitrogen and oxygen atoms in total. The predicted octanol–water partition coefficient (Wildman–Crippen LogP) is 2.19. The van der Waals surface area contributed by atoms with Crippen molar-refractivity contribution in [3.63, 3.8) is 0 Å². The molecule has 0 radical (unpaired) electrons. The Morgan fingerprint density at radius 3 is 1.50 bits per heavy atom. The summed E-state index contributed by atoms with van der Waals surface area (Å²) in [4.78, 5) is 0. The maximum Gasteiger partial charge on any atom is 0.128 e. The van der Waals surface area contributed by atoms with Gasteiger partial charge in [-0.3, -0.25) is 0 Å². The van der Waals surface area contributed by atoms with Crippen LogP contribution in [0.25, 0.3) is 0 Å². The topological polar surface area (TPSA) is 18.5 Å². The molecule has 0 aliphatic carbocycles. The molecule has 0 saturated heterocycles. The highest BCUT2D eigenvalue weighted by atomic mass is 35.5. The van der Waals surface area contributed by atoms with Crippen LogP contribution in [-0.4, -0.2) is 24.3 Å². The van der Waals surface area contributed by atoms with Crippen LogP contribution in [0.15, 0.2) is 0 Å². The summed E-state index contributed by atoms with van der Waals surface area (Å²) in [6.45, 7) is 4.49. The van der Waals surface area contributed by atoms with E-state index in [1.165, 1.54) is 0 Å². The minimum atomic E-state index is -0.255. The molecule has 0 aromatic rings. The largest absolute Gasteiger partial charge is 0.360 e. The number of rotatable bonds is 5. The van der Waals surface area contributed by atoms with Gasteiger partial charge < -0.3 is 9.47 Å². The van der Waals surface area contributed by atoms with Crippen LogP contribution in [0.3, 0.4) is 0 Å². The van der Waals surface area contributed by atoms with Crippen molar-refractivity contribution in [1.29, 1.82) is 0 Å². The molecular weight excluding hydrogens is 175 g/mol. The summed E-state index contributed by atoms with van der Waals surface area (Å²) >= 11 is 11.0. The molecule has 10 heavy (non-hydrogen) atoms. The molecule has 0 aliphatic heterocycles. The van der Waals surface area contributed by atoms with Crippen LogP contribution in [-0.2, 0) is 9.47 Å². The molecule has 0 bridgehead atoms. The van der Waals surface area contributed by atoms with Gasteiger partial charge in [0.15, 0.2) is 0 Å². The van der Waals surface area contributed by atoms with E-state index in [4.69, 9.17) is 32.7 Å². The van der Waals surface area contributed by atoms with Crippen LogP contribution in [0.1, 0.15) is 13.8 Å². The smallest absolute Gasteiger partial charge is 0.128 e. The lowest BCUT2D eigenvalue weighted by Crippen LogP contribution is -2.10. The molecule has 0 amide bonds. The molecule has 0 fully saturated rings. The van der Waals surface area contributed by atoms with Gasteiger partial charge in [-0.25, -0.2) is 0 Å². The van der Waals surface area contributed by atoms with Crippen LogP contribution in [0.4, 0.5) is 0 Å². The summed E-state index contributed by atoms with van der Waals surface area (Å²) in [5.74, 6) is 0. The predicted molar refractivity (Wildman–Crippen MR) is 42.5 cm³/mol. The minimum absolute atomic E-state index is 0.255. The summed E-state index contributed by atoms with van der Waals surface area (Å²) in [7, 11) is 0. The first-order valence-electron chi connectivity index (χ1n) is 3.14. The molecule has 0 rings (SSSR count). The maximum absolute atomic E-state index is 5.48. The van der Waals surface area contributed by atoms with Crippen molar-refractivity contribution >= 4 is 23.2 Å². The average molecular weight is 187 g/mol. The van der Waals surface area contributed by atoms with E-state index in [-0.39, 0.29) is 11.1 Å². The average Bonchev–Trinajstić information content (AvgIpc) is 1.79. The van der Waals surface area contributed by atoms with Gasteiger partial charge >= 0.3 is 0 Å². The molecule has 0 aliphatic rings. The number of alkyl halides is 2. The fourth-order valence-corrected chi connectivity index (χ4v) is 0.599. The second kappa shape index (κ2) is 6.23. The minimum Gasteiger partial charge on any atom is -0.360 e. The summed E-state index contributed by atoms with van der Waals surface area (Å²) in [5, 5.41) is 0. The lowest BCUT2D eigenvalue weighted by Gasteiger charge is -2.07. The van der Waals surface area contributed by atoms with Gasteiger partial charge in [0.05, 0.1) is 13.2 Å². The van der Waals surface area contributed by atoms with Crippen LogP contribution in [0.5, 0.6) is 0 Å². The maximum atomic E-state index is 5.48. The highest BCUT2D eigenvalue weighted by Crippen LogP contribution is 1.98.